The summed E-state index contributed by atoms with van der Waals surface area (Å²) in [5, 5.41) is 3.19. The van der Waals surface area contributed by atoms with Crippen LogP contribution in [0.1, 0.15) is 12.5 Å². The third-order valence-electron chi connectivity index (χ3n) is 5.75. The fraction of sp³-hybridized carbons (Fsp3) is 0.192. The Morgan fingerprint density at radius 2 is 1.43 bits per heavy atom. The van der Waals surface area contributed by atoms with E-state index in [2.05, 4.69) is 5.32 Å². The van der Waals surface area contributed by atoms with Crippen molar-refractivity contribution in [3.8, 4) is 0 Å². The minimum absolute atomic E-state index is 0.144. The number of fused-ring (bicyclic) bond motifs is 2. The summed E-state index contributed by atoms with van der Waals surface area (Å²) in [6.45, 7) is 1.28. The molecule has 0 saturated heterocycles. The van der Waals surface area contributed by atoms with Gasteiger partial charge in [0.1, 0.15) is 6.54 Å². The van der Waals surface area contributed by atoms with Crippen LogP contribution >= 0.6 is 0 Å². The summed E-state index contributed by atoms with van der Waals surface area (Å²) in [7, 11) is 0. The molecule has 0 aliphatic carbocycles. The topological polar surface area (TPSA) is 71.4 Å². The van der Waals surface area contributed by atoms with Crippen molar-refractivity contribution < 1.29 is 22.8 Å². The summed E-state index contributed by atoms with van der Waals surface area (Å²) in [5.74, 6) is -1.16. The van der Waals surface area contributed by atoms with Crippen LogP contribution in [0.2, 0.25) is 0 Å². The molecule has 35 heavy (non-hydrogen) atoms. The molecule has 180 valence electrons. The molecule has 0 saturated carbocycles. The molecule has 3 aromatic carbocycles. The Morgan fingerprint density at radius 3 is 2.00 bits per heavy atom. The number of rotatable bonds is 6. The molecule has 0 unspecified atom stereocenters. The third-order valence-corrected chi connectivity index (χ3v) is 5.75. The molecule has 1 N–H and O–H groups in total. The van der Waals surface area contributed by atoms with Crippen LogP contribution in [0.4, 0.5) is 18.9 Å². The highest BCUT2D eigenvalue weighted by Crippen LogP contribution is 2.34. The Morgan fingerprint density at radius 1 is 0.886 bits per heavy atom. The maximum atomic E-state index is 13.2. The highest BCUT2D eigenvalue weighted by atomic mass is 19.4. The number of hydrogen-bond acceptors (Lipinski definition) is 3. The van der Waals surface area contributed by atoms with Crippen molar-refractivity contribution >= 4 is 39.3 Å². The van der Waals surface area contributed by atoms with E-state index in [0.29, 0.717) is 21.8 Å². The van der Waals surface area contributed by atoms with Crippen LogP contribution in [0, 0.1) is 0 Å². The van der Waals surface area contributed by atoms with Crippen molar-refractivity contribution in [3.63, 3.8) is 0 Å². The Balaban J connectivity index is 1.60. The molecule has 1 heterocycles. The fourth-order valence-electron chi connectivity index (χ4n) is 4.06. The van der Waals surface area contributed by atoms with Gasteiger partial charge >= 0.3 is 6.18 Å². The summed E-state index contributed by atoms with van der Waals surface area (Å²) in [5.41, 5.74) is -0.330. The highest BCUT2D eigenvalue weighted by molar-refractivity contribution is 5.97. The Hall–Kier alpha value is -4.14. The first kappa shape index (κ1) is 24.0. The molecule has 0 fully saturated rings. The van der Waals surface area contributed by atoms with E-state index in [9.17, 15) is 27.6 Å². The van der Waals surface area contributed by atoms with Crippen LogP contribution < -0.4 is 10.7 Å². The normalized spacial score (nSPS) is 11.5. The van der Waals surface area contributed by atoms with E-state index in [1.165, 1.54) is 17.0 Å². The molecular weight excluding hydrogens is 459 g/mol. The summed E-state index contributed by atoms with van der Waals surface area (Å²) >= 11 is 0. The first-order chi connectivity index (χ1) is 16.7. The summed E-state index contributed by atoms with van der Waals surface area (Å²) in [6, 6.07) is 18.5. The first-order valence-corrected chi connectivity index (χ1v) is 10.9. The van der Waals surface area contributed by atoms with Gasteiger partial charge in [-0.25, -0.2) is 0 Å². The van der Waals surface area contributed by atoms with Gasteiger partial charge in [-0.1, -0.05) is 36.4 Å². The number of carbonyl (C=O) groups excluding carboxylic acids is 2. The van der Waals surface area contributed by atoms with E-state index in [1.807, 2.05) is 0 Å². The number of hydrogen-bond donors (Lipinski definition) is 1. The number of amides is 2. The predicted molar refractivity (Wildman–Crippen MR) is 128 cm³/mol. The summed E-state index contributed by atoms with van der Waals surface area (Å²) in [4.78, 5) is 39.9. The molecule has 0 aliphatic heterocycles. The fourth-order valence-corrected chi connectivity index (χ4v) is 4.06. The lowest BCUT2D eigenvalue weighted by Crippen LogP contribution is -2.40. The SMILES string of the molecule is CCN(CC(=O)Nc1ccccc1C(F)(F)F)C(=O)Cn1c2ccccc2c(=O)c2ccccc21. The number of para-hydroxylation sites is 3. The van der Waals surface area contributed by atoms with Gasteiger partial charge in [0.05, 0.1) is 28.8 Å². The molecule has 2 amide bonds. The van der Waals surface area contributed by atoms with Gasteiger partial charge in [-0.15, -0.1) is 0 Å². The number of aromatic nitrogens is 1. The summed E-state index contributed by atoms with van der Waals surface area (Å²) in [6.07, 6.45) is -4.63. The van der Waals surface area contributed by atoms with Crippen molar-refractivity contribution in [2.24, 2.45) is 0 Å². The minimum Gasteiger partial charge on any atom is -0.332 e. The smallest absolute Gasteiger partial charge is 0.332 e. The number of alkyl halides is 3. The van der Waals surface area contributed by atoms with Gasteiger partial charge in [-0.2, -0.15) is 13.2 Å². The molecule has 6 nitrogen and oxygen atoms in total. The number of anilines is 1. The Kier molecular flexibility index (Phi) is 6.59. The van der Waals surface area contributed by atoms with Crippen molar-refractivity contribution in [1.29, 1.82) is 0 Å². The maximum absolute atomic E-state index is 13.2. The first-order valence-electron chi connectivity index (χ1n) is 10.9. The molecule has 0 bridgehead atoms. The molecule has 0 radical (unpaired) electrons. The largest absolute Gasteiger partial charge is 0.418 e. The molecule has 9 heteroatoms. The number of nitrogens with zero attached hydrogens (tertiary/aromatic N) is 2. The predicted octanol–water partition coefficient (Wildman–Crippen LogP) is 4.66. The lowest BCUT2D eigenvalue weighted by molar-refractivity contribution is -0.137. The minimum atomic E-state index is -4.63. The van der Waals surface area contributed by atoms with E-state index in [1.54, 1.807) is 60.0 Å². The Labute approximate surface area is 198 Å². The molecule has 1 aromatic heterocycles. The maximum Gasteiger partial charge on any atom is 0.418 e. The van der Waals surface area contributed by atoms with Gasteiger partial charge in [0.2, 0.25) is 11.8 Å². The van der Waals surface area contributed by atoms with E-state index in [4.69, 9.17) is 0 Å². The van der Waals surface area contributed by atoms with Crippen LogP contribution in [0.5, 0.6) is 0 Å². The highest BCUT2D eigenvalue weighted by Gasteiger charge is 2.33. The second-order valence-electron chi connectivity index (χ2n) is 7.95. The van der Waals surface area contributed by atoms with Gasteiger partial charge in [-0.05, 0) is 43.3 Å². The van der Waals surface area contributed by atoms with E-state index in [0.717, 1.165) is 12.1 Å². The van der Waals surface area contributed by atoms with Crippen molar-refractivity contribution in [1.82, 2.24) is 9.47 Å². The average Bonchev–Trinajstić information content (AvgIpc) is 2.84. The summed E-state index contributed by atoms with van der Waals surface area (Å²) < 4.78 is 41.4. The molecule has 4 aromatic rings. The molecular formula is C26H22F3N3O3. The van der Waals surface area contributed by atoms with E-state index >= 15 is 0 Å². The number of nitrogens with one attached hydrogen (secondary N) is 1. The van der Waals surface area contributed by atoms with Gasteiger partial charge in [0.25, 0.3) is 0 Å². The number of halogens is 3. The number of carbonyl (C=O) groups is 2. The zero-order valence-electron chi connectivity index (χ0n) is 18.8. The van der Waals surface area contributed by atoms with Gasteiger partial charge in [0, 0.05) is 17.3 Å². The van der Waals surface area contributed by atoms with Crippen LogP contribution in [-0.4, -0.2) is 34.4 Å². The second-order valence-corrected chi connectivity index (χ2v) is 7.95. The number of pyridine rings is 1. The third kappa shape index (κ3) is 4.89. The second kappa shape index (κ2) is 9.61. The number of benzene rings is 3. The zero-order chi connectivity index (χ0) is 25.2. The van der Waals surface area contributed by atoms with Crippen molar-refractivity contribution in [2.45, 2.75) is 19.6 Å². The van der Waals surface area contributed by atoms with Crippen LogP contribution in [0.15, 0.2) is 77.6 Å². The molecule has 0 spiro atoms. The zero-order valence-corrected chi connectivity index (χ0v) is 18.8. The molecule has 0 atom stereocenters. The van der Waals surface area contributed by atoms with Crippen molar-refractivity contribution in [2.75, 3.05) is 18.4 Å². The molecule has 0 aliphatic rings. The van der Waals surface area contributed by atoms with Crippen molar-refractivity contribution in [3.05, 3.63) is 88.6 Å². The van der Waals surface area contributed by atoms with E-state index < -0.39 is 30.1 Å². The lowest BCUT2D eigenvalue weighted by Gasteiger charge is -2.23. The van der Waals surface area contributed by atoms with Gasteiger partial charge < -0.3 is 14.8 Å². The van der Waals surface area contributed by atoms with Crippen LogP contribution in [0.3, 0.4) is 0 Å². The van der Waals surface area contributed by atoms with E-state index in [-0.39, 0.29) is 24.2 Å². The van der Waals surface area contributed by atoms with Crippen LogP contribution in [0.25, 0.3) is 21.8 Å². The standard InChI is InChI=1S/C26H22F3N3O3/c1-2-31(15-23(33)30-20-12-6-5-11-19(20)26(27,28)29)24(34)16-32-21-13-7-3-9-17(21)25(35)18-10-4-8-14-22(18)32/h3-14H,2,15-16H2,1H3,(H,30,33). The van der Waals surface area contributed by atoms with Gasteiger partial charge in [0.15, 0.2) is 5.43 Å². The average molecular weight is 481 g/mol. The number of likely N-dealkylation sites (N-methyl/N-ethyl adjacent to an activating group) is 1. The van der Waals surface area contributed by atoms with Crippen LogP contribution in [-0.2, 0) is 22.3 Å². The molecule has 4 rings (SSSR count). The quantitative estimate of drug-likeness (QED) is 0.407. The lowest BCUT2D eigenvalue weighted by atomic mass is 10.1. The van der Waals surface area contributed by atoms with Gasteiger partial charge in [-0.3, -0.25) is 14.4 Å². The monoisotopic (exact) mass is 481 g/mol. The Bertz CT molecular complexity index is 1420.